The van der Waals surface area contributed by atoms with E-state index in [9.17, 15) is 9.90 Å². The minimum atomic E-state index is -0.0554. The Balaban J connectivity index is 2.04. The molecule has 2 rings (SSSR count). The van der Waals surface area contributed by atoms with Crippen molar-refractivity contribution >= 4 is 5.91 Å². The minimum Gasteiger partial charge on any atom is -0.506 e. The van der Waals surface area contributed by atoms with Crippen LogP contribution in [-0.2, 0) is 0 Å². The first-order valence-electron chi connectivity index (χ1n) is 6.34. The Morgan fingerprint density at radius 1 is 1.56 bits per heavy atom. The van der Waals surface area contributed by atoms with E-state index in [1.54, 1.807) is 0 Å². The largest absolute Gasteiger partial charge is 0.506 e. The lowest BCUT2D eigenvalue weighted by atomic mass is 9.94. The SMILES string of the molecule is NCCC1CCCN(C(=O)c2cncc(O)c2)C1. The monoisotopic (exact) mass is 249 g/mol. The zero-order chi connectivity index (χ0) is 13.0. The predicted octanol–water partition coefficient (Wildman–Crippen LogP) is 0.988. The van der Waals surface area contributed by atoms with Crippen molar-refractivity contribution in [2.45, 2.75) is 19.3 Å². The maximum absolute atomic E-state index is 12.2. The Hall–Kier alpha value is -1.62. The molecule has 1 aliphatic heterocycles. The summed E-state index contributed by atoms with van der Waals surface area (Å²) in [6.45, 7) is 2.20. The summed E-state index contributed by atoms with van der Waals surface area (Å²) in [5.74, 6) is 0.467. The van der Waals surface area contributed by atoms with E-state index in [0.29, 0.717) is 18.0 Å². The Labute approximate surface area is 107 Å². The summed E-state index contributed by atoms with van der Waals surface area (Å²) in [5, 5.41) is 9.35. The third kappa shape index (κ3) is 2.98. The Bertz CT molecular complexity index is 420. The maximum Gasteiger partial charge on any atom is 0.255 e. The van der Waals surface area contributed by atoms with Crippen LogP contribution in [0.4, 0.5) is 0 Å². The number of amides is 1. The van der Waals surface area contributed by atoms with Gasteiger partial charge in [0.05, 0.1) is 11.8 Å². The molecule has 5 nitrogen and oxygen atoms in total. The van der Waals surface area contributed by atoms with Gasteiger partial charge < -0.3 is 15.7 Å². The van der Waals surface area contributed by atoms with Crippen LogP contribution in [0.2, 0.25) is 0 Å². The highest BCUT2D eigenvalue weighted by Gasteiger charge is 2.24. The van der Waals surface area contributed by atoms with Crippen LogP contribution in [0.5, 0.6) is 5.75 Å². The number of aromatic nitrogens is 1. The first-order valence-corrected chi connectivity index (χ1v) is 6.34. The fourth-order valence-corrected chi connectivity index (χ4v) is 2.45. The molecule has 0 aliphatic carbocycles. The molecule has 18 heavy (non-hydrogen) atoms. The number of nitrogens with two attached hydrogens (primary N) is 1. The minimum absolute atomic E-state index is 0.0244. The Morgan fingerprint density at radius 3 is 3.11 bits per heavy atom. The molecule has 0 bridgehead atoms. The van der Waals surface area contributed by atoms with Gasteiger partial charge in [-0.15, -0.1) is 0 Å². The van der Waals surface area contributed by atoms with Crippen LogP contribution >= 0.6 is 0 Å². The zero-order valence-electron chi connectivity index (χ0n) is 10.4. The van der Waals surface area contributed by atoms with Gasteiger partial charge in [-0.3, -0.25) is 9.78 Å². The first kappa shape index (κ1) is 12.8. The topological polar surface area (TPSA) is 79.5 Å². The van der Waals surface area contributed by atoms with Gasteiger partial charge in [-0.05, 0) is 37.8 Å². The van der Waals surface area contributed by atoms with Crippen molar-refractivity contribution in [3.8, 4) is 5.75 Å². The number of carbonyl (C=O) groups excluding carboxylic acids is 1. The summed E-state index contributed by atoms with van der Waals surface area (Å²) in [6, 6.07) is 1.46. The Morgan fingerprint density at radius 2 is 2.39 bits per heavy atom. The number of aromatic hydroxyl groups is 1. The van der Waals surface area contributed by atoms with E-state index in [-0.39, 0.29) is 11.7 Å². The maximum atomic E-state index is 12.2. The second-order valence-corrected chi connectivity index (χ2v) is 4.77. The molecule has 0 aromatic carbocycles. The van der Waals surface area contributed by atoms with Gasteiger partial charge in [0.15, 0.2) is 0 Å². The third-order valence-corrected chi connectivity index (χ3v) is 3.35. The number of likely N-dealkylation sites (tertiary alicyclic amines) is 1. The van der Waals surface area contributed by atoms with E-state index >= 15 is 0 Å². The molecule has 1 amide bonds. The van der Waals surface area contributed by atoms with E-state index in [2.05, 4.69) is 4.98 Å². The molecule has 98 valence electrons. The second kappa shape index (κ2) is 5.82. The zero-order valence-corrected chi connectivity index (χ0v) is 10.4. The quantitative estimate of drug-likeness (QED) is 0.837. The molecular formula is C13H19N3O2. The van der Waals surface area contributed by atoms with Crippen LogP contribution in [0.3, 0.4) is 0 Å². The summed E-state index contributed by atoms with van der Waals surface area (Å²) in [5.41, 5.74) is 6.01. The molecule has 2 heterocycles. The lowest BCUT2D eigenvalue weighted by molar-refractivity contribution is 0.0668. The summed E-state index contributed by atoms with van der Waals surface area (Å²) in [7, 11) is 0. The van der Waals surface area contributed by atoms with Crippen molar-refractivity contribution in [3.05, 3.63) is 24.0 Å². The van der Waals surface area contributed by atoms with E-state index < -0.39 is 0 Å². The van der Waals surface area contributed by atoms with Crippen LogP contribution < -0.4 is 5.73 Å². The van der Waals surface area contributed by atoms with Gasteiger partial charge in [0.1, 0.15) is 5.75 Å². The van der Waals surface area contributed by atoms with Crippen LogP contribution in [0.25, 0.3) is 0 Å². The fraction of sp³-hybridized carbons (Fsp3) is 0.538. The molecule has 5 heteroatoms. The van der Waals surface area contributed by atoms with Gasteiger partial charge in [-0.1, -0.05) is 0 Å². The highest BCUT2D eigenvalue weighted by Crippen LogP contribution is 2.21. The average Bonchev–Trinajstić information content (AvgIpc) is 2.39. The normalized spacial score (nSPS) is 19.8. The third-order valence-electron chi connectivity index (χ3n) is 3.35. The number of hydrogen-bond donors (Lipinski definition) is 2. The number of carbonyl (C=O) groups is 1. The number of piperidine rings is 1. The van der Waals surface area contributed by atoms with Gasteiger partial charge in [0.25, 0.3) is 5.91 Å². The molecule has 1 fully saturated rings. The Kier molecular flexibility index (Phi) is 4.15. The molecular weight excluding hydrogens is 230 g/mol. The van der Waals surface area contributed by atoms with Gasteiger partial charge in [0, 0.05) is 19.3 Å². The summed E-state index contributed by atoms with van der Waals surface area (Å²) in [4.78, 5) is 17.9. The molecule has 0 saturated carbocycles. The lowest BCUT2D eigenvalue weighted by Crippen LogP contribution is -2.40. The number of hydrogen-bond acceptors (Lipinski definition) is 4. The highest BCUT2D eigenvalue weighted by atomic mass is 16.3. The van der Waals surface area contributed by atoms with Gasteiger partial charge in [-0.2, -0.15) is 0 Å². The molecule has 1 aliphatic rings. The molecule has 1 saturated heterocycles. The number of pyridine rings is 1. The van der Waals surface area contributed by atoms with E-state index in [4.69, 9.17) is 5.73 Å². The van der Waals surface area contributed by atoms with Crippen molar-refractivity contribution in [3.63, 3.8) is 0 Å². The lowest BCUT2D eigenvalue weighted by Gasteiger charge is -2.32. The van der Waals surface area contributed by atoms with Gasteiger partial charge in [-0.25, -0.2) is 0 Å². The van der Waals surface area contributed by atoms with Crippen LogP contribution in [0, 0.1) is 5.92 Å². The fourth-order valence-electron chi connectivity index (χ4n) is 2.45. The van der Waals surface area contributed by atoms with Crippen LogP contribution in [-0.4, -0.2) is 40.5 Å². The van der Waals surface area contributed by atoms with E-state index in [0.717, 1.165) is 32.4 Å². The molecule has 3 N–H and O–H groups in total. The molecule has 1 aromatic rings. The van der Waals surface area contributed by atoms with Crippen molar-refractivity contribution in [2.24, 2.45) is 11.7 Å². The van der Waals surface area contributed by atoms with Crippen molar-refractivity contribution in [2.75, 3.05) is 19.6 Å². The summed E-state index contributed by atoms with van der Waals surface area (Å²) < 4.78 is 0. The number of rotatable bonds is 3. The molecule has 0 radical (unpaired) electrons. The molecule has 1 unspecified atom stereocenters. The second-order valence-electron chi connectivity index (χ2n) is 4.77. The van der Waals surface area contributed by atoms with E-state index in [1.165, 1.54) is 18.5 Å². The van der Waals surface area contributed by atoms with Crippen molar-refractivity contribution in [1.29, 1.82) is 0 Å². The van der Waals surface area contributed by atoms with Crippen molar-refractivity contribution in [1.82, 2.24) is 9.88 Å². The van der Waals surface area contributed by atoms with Crippen molar-refractivity contribution < 1.29 is 9.90 Å². The predicted molar refractivity (Wildman–Crippen MR) is 68.2 cm³/mol. The molecule has 1 aromatic heterocycles. The number of nitrogens with zero attached hydrogens (tertiary/aromatic N) is 2. The average molecular weight is 249 g/mol. The van der Waals surface area contributed by atoms with Crippen LogP contribution in [0.1, 0.15) is 29.6 Å². The van der Waals surface area contributed by atoms with Crippen LogP contribution in [0.15, 0.2) is 18.5 Å². The molecule has 1 atom stereocenters. The smallest absolute Gasteiger partial charge is 0.255 e. The highest BCUT2D eigenvalue weighted by molar-refractivity contribution is 5.94. The standard InChI is InChI=1S/C13H19N3O2/c14-4-3-10-2-1-5-16(9-10)13(18)11-6-12(17)8-15-7-11/h6-8,10,17H,1-5,9,14H2. The van der Waals surface area contributed by atoms with Gasteiger partial charge in [0.2, 0.25) is 0 Å². The molecule has 0 spiro atoms. The summed E-state index contributed by atoms with van der Waals surface area (Å²) >= 11 is 0. The van der Waals surface area contributed by atoms with Gasteiger partial charge >= 0.3 is 0 Å². The van der Waals surface area contributed by atoms with E-state index in [1.807, 2.05) is 4.90 Å². The first-order chi connectivity index (χ1) is 8.70. The summed E-state index contributed by atoms with van der Waals surface area (Å²) in [6.07, 6.45) is 5.93.